The summed E-state index contributed by atoms with van der Waals surface area (Å²) in [6, 6.07) is 13.2. The molecule has 2 aromatic rings. The minimum absolute atomic E-state index is 0.000876. The number of aliphatic hydroxyl groups excluding tert-OH is 1. The number of allylic oxidation sites excluding steroid dienone is 3. The number of esters is 1. The first kappa shape index (κ1) is 23.2. The molecule has 9 nitrogen and oxygen atoms in total. The SMILES string of the molecule is CC1=C(C(=O)OCCO)C(c2cccc([N+](=O)[O-])c2)C(S(=O)(=O)c2ccccc2)=C(C)N1. The van der Waals surface area contributed by atoms with Gasteiger partial charge in [-0.3, -0.25) is 10.1 Å². The molecule has 1 aliphatic heterocycles. The molecule has 0 saturated carbocycles. The predicted octanol–water partition coefficient (Wildman–Crippen LogP) is 2.80. The molecule has 2 N–H and O–H groups in total. The Bertz CT molecular complexity index is 1220. The summed E-state index contributed by atoms with van der Waals surface area (Å²) in [5.41, 5.74) is 0.662. The van der Waals surface area contributed by atoms with E-state index in [9.17, 15) is 23.3 Å². The third-order valence-electron chi connectivity index (χ3n) is 5.00. The summed E-state index contributed by atoms with van der Waals surface area (Å²) in [7, 11) is -4.10. The Kier molecular flexibility index (Phi) is 6.75. The van der Waals surface area contributed by atoms with Crippen molar-refractivity contribution in [3.8, 4) is 0 Å². The minimum atomic E-state index is -4.10. The molecule has 3 rings (SSSR count). The fourth-order valence-electron chi connectivity index (χ4n) is 3.68. The number of non-ortho nitro benzene ring substituents is 1. The number of carbonyl (C=O) groups is 1. The molecule has 0 amide bonds. The number of nitrogens with one attached hydrogen (secondary N) is 1. The van der Waals surface area contributed by atoms with Crippen molar-refractivity contribution in [1.82, 2.24) is 5.32 Å². The van der Waals surface area contributed by atoms with Crippen molar-refractivity contribution in [3.63, 3.8) is 0 Å². The number of aliphatic hydroxyl groups is 1. The van der Waals surface area contributed by atoms with Gasteiger partial charge in [-0.05, 0) is 31.5 Å². The number of ether oxygens (including phenoxy) is 1. The summed E-state index contributed by atoms with van der Waals surface area (Å²) >= 11 is 0. The smallest absolute Gasteiger partial charge is 0.336 e. The number of hydrogen-bond acceptors (Lipinski definition) is 8. The van der Waals surface area contributed by atoms with Crippen LogP contribution >= 0.6 is 0 Å². The van der Waals surface area contributed by atoms with Gasteiger partial charge in [0.2, 0.25) is 9.84 Å². The van der Waals surface area contributed by atoms with Gasteiger partial charge < -0.3 is 15.2 Å². The van der Waals surface area contributed by atoms with E-state index in [1.54, 1.807) is 32.0 Å². The maximum Gasteiger partial charge on any atom is 0.336 e. The van der Waals surface area contributed by atoms with Crippen LogP contribution in [0.4, 0.5) is 5.69 Å². The minimum Gasteiger partial charge on any atom is -0.460 e. The number of dihydropyridines is 1. The summed E-state index contributed by atoms with van der Waals surface area (Å²) in [6.07, 6.45) is 0. The lowest BCUT2D eigenvalue weighted by atomic mass is 9.86. The highest BCUT2D eigenvalue weighted by atomic mass is 32.2. The summed E-state index contributed by atoms with van der Waals surface area (Å²) in [5, 5.41) is 23.3. The Morgan fingerprint density at radius 3 is 2.44 bits per heavy atom. The Hall–Kier alpha value is -3.50. The molecule has 2 aromatic carbocycles. The molecule has 0 spiro atoms. The van der Waals surface area contributed by atoms with Crippen molar-refractivity contribution >= 4 is 21.5 Å². The molecular formula is C22H22N2O7S. The van der Waals surface area contributed by atoms with Crippen LogP contribution in [0.2, 0.25) is 0 Å². The normalized spacial score (nSPS) is 16.5. The molecule has 1 atom stereocenters. The number of carbonyl (C=O) groups excluding carboxylic acids is 1. The molecule has 1 heterocycles. The van der Waals surface area contributed by atoms with Crippen molar-refractivity contribution < 1.29 is 28.0 Å². The molecule has 0 saturated heterocycles. The third-order valence-corrected chi connectivity index (χ3v) is 7.01. The van der Waals surface area contributed by atoms with Gasteiger partial charge >= 0.3 is 5.97 Å². The molecule has 168 valence electrons. The Balaban J connectivity index is 2.27. The highest BCUT2D eigenvalue weighted by Gasteiger charge is 2.41. The maximum atomic E-state index is 13.6. The van der Waals surface area contributed by atoms with Crippen LogP contribution in [0.15, 0.2) is 81.4 Å². The van der Waals surface area contributed by atoms with E-state index in [2.05, 4.69) is 5.32 Å². The van der Waals surface area contributed by atoms with E-state index in [-0.39, 0.29) is 33.2 Å². The molecule has 1 unspecified atom stereocenters. The van der Waals surface area contributed by atoms with Crippen LogP contribution in [0.3, 0.4) is 0 Å². The van der Waals surface area contributed by atoms with Gasteiger partial charge in [0.05, 0.1) is 32.8 Å². The van der Waals surface area contributed by atoms with Crippen LogP contribution in [0.25, 0.3) is 0 Å². The first-order valence-corrected chi connectivity index (χ1v) is 11.2. The van der Waals surface area contributed by atoms with Gasteiger partial charge in [-0.25, -0.2) is 13.2 Å². The van der Waals surface area contributed by atoms with E-state index in [0.29, 0.717) is 11.4 Å². The third kappa shape index (κ3) is 4.41. The molecule has 32 heavy (non-hydrogen) atoms. The van der Waals surface area contributed by atoms with Gasteiger partial charge in [-0.2, -0.15) is 0 Å². The lowest BCUT2D eigenvalue weighted by Gasteiger charge is -2.31. The van der Waals surface area contributed by atoms with Gasteiger partial charge in [-0.1, -0.05) is 30.3 Å². The molecule has 0 aromatic heterocycles. The largest absolute Gasteiger partial charge is 0.460 e. The average Bonchev–Trinajstić information content (AvgIpc) is 2.77. The number of nitrogens with zero attached hydrogens (tertiary/aromatic N) is 1. The van der Waals surface area contributed by atoms with Crippen LogP contribution in [0.1, 0.15) is 25.3 Å². The van der Waals surface area contributed by atoms with E-state index in [4.69, 9.17) is 9.84 Å². The predicted molar refractivity (Wildman–Crippen MR) is 116 cm³/mol. The van der Waals surface area contributed by atoms with E-state index < -0.39 is 33.3 Å². The molecular weight excluding hydrogens is 436 g/mol. The second-order valence-electron chi connectivity index (χ2n) is 7.11. The molecule has 1 aliphatic rings. The van der Waals surface area contributed by atoms with Gasteiger partial charge in [0, 0.05) is 23.5 Å². The zero-order chi connectivity index (χ0) is 23.5. The van der Waals surface area contributed by atoms with E-state index in [1.807, 2.05) is 0 Å². The van der Waals surface area contributed by atoms with Crippen molar-refractivity contribution in [2.24, 2.45) is 0 Å². The maximum absolute atomic E-state index is 13.6. The lowest BCUT2D eigenvalue weighted by molar-refractivity contribution is -0.384. The number of benzene rings is 2. The zero-order valence-corrected chi connectivity index (χ0v) is 18.3. The van der Waals surface area contributed by atoms with Crippen molar-refractivity contribution in [3.05, 3.63) is 92.1 Å². The number of sulfone groups is 1. The quantitative estimate of drug-likeness (QED) is 0.367. The summed E-state index contributed by atoms with van der Waals surface area (Å²) in [4.78, 5) is 23.6. The Labute approximate surface area is 185 Å². The van der Waals surface area contributed by atoms with Crippen molar-refractivity contribution in [1.29, 1.82) is 0 Å². The van der Waals surface area contributed by atoms with Gasteiger partial charge in [0.25, 0.3) is 5.69 Å². The van der Waals surface area contributed by atoms with Gasteiger partial charge in [-0.15, -0.1) is 0 Å². The second-order valence-corrected chi connectivity index (χ2v) is 9.03. The topological polar surface area (TPSA) is 136 Å². The summed E-state index contributed by atoms with van der Waals surface area (Å²) in [6.45, 7) is 2.48. The summed E-state index contributed by atoms with van der Waals surface area (Å²) < 4.78 is 32.4. The molecule has 0 fully saturated rings. The lowest BCUT2D eigenvalue weighted by Crippen LogP contribution is -2.32. The molecule has 0 bridgehead atoms. The molecule has 10 heteroatoms. The van der Waals surface area contributed by atoms with Crippen molar-refractivity contribution in [2.75, 3.05) is 13.2 Å². The van der Waals surface area contributed by atoms with Crippen molar-refractivity contribution in [2.45, 2.75) is 24.7 Å². The van der Waals surface area contributed by atoms with Crippen LogP contribution in [-0.2, 0) is 19.4 Å². The molecule has 0 aliphatic carbocycles. The standard InChI is InChI=1S/C22H22N2O7S/c1-14-19(22(26)31-12-11-25)20(16-7-6-8-17(13-16)24(27)28)21(15(2)23-14)32(29,30)18-9-4-3-5-10-18/h3-10,13,20,23,25H,11-12H2,1-2H3. The number of nitro benzene ring substituents is 1. The van der Waals surface area contributed by atoms with Gasteiger partial charge in [0.15, 0.2) is 0 Å². The van der Waals surface area contributed by atoms with Crippen LogP contribution < -0.4 is 5.32 Å². The number of hydrogen-bond donors (Lipinski definition) is 2. The average molecular weight is 458 g/mol. The number of nitro groups is 1. The fourth-order valence-corrected chi connectivity index (χ4v) is 5.47. The van der Waals surface area contributed by atoms with Crippen LogP contribution in [0.5, 0.6) is 0 Å². The number of rotatable bonds is 7. The Morgan fingerprint density at radius 2 is 1.81 bits per heavy atom. The zero-order valence-electron chi connectivity index (χ0n) is 17.4. The van der Waals surface area contributed by atoms with E-state index >= 15 is 0 Å². The highest BCUT2D eigenvalue weighted by Crippen LogP contribution is 2.43. The first-order valence-electron chi connectivity index (χ1n) is 9.69. The van der Waals surface area contributed by atoms with Crippen LogP contribution in [-0.4, -0.2) is 37.6 Å². The monoisotopic (exact) mass is 458 g/mol. The van der Waals surface area contributed by atoms with E-state index in [0.717, 1.165) is 0 Å². The highest BCUT2D eigenvalue weighted by molar-refractivity contribution is 7.95. The second kappa shape index (κ2) is 9.33. The van der Waals surface area contributed by atoms with Crippen LogP contribution in [0, 0.1) is 10.1 Å². The molecule has 0 radical (unpaired) electrons. The first-order chi connectivity index (χ1) is 15.2. The van der Waals surface area contributed by atoms with Gasteiger partial charge in [0.1, 0.15) is 6.61 Å². The Morgan fingerprint density at radius 1 is 1.12 bits per heavy atom. The summed E-state index contributed by atoms with van der Waals surface area (Å²) in [5.74, 6) is -1.97. The van der Waals surface area contributed by atoms with E-state index in [1.165, 1.54) is 36.4 Å². The fraction of sp³-hybridized carbons (Fsp3) is 0.227.